The monoisotopic (exact) mass is 220 g/mol. The zero-order valence-electron chi connectivity index (χ0n) is 10.1. The van der Waals surface area contributed by atoms with Gasteiger partial charge in [0.15, 0.2) is 0 Å². The van der Waals surface area contributed by atoms with Crippen molar-refractivity contribution in [3.8, 4) is 5.88 Å². The third-order valence-corrected chi connectivity index (χ3v) is 3.21. The molecule has 0 radical (unpaired) electrons. The smallest absolute Gasteiger partial charge is 0.218 e. The number of aromatic nitrogens is 1. The highest BCUT2D eigenvalue weighted by molar-refractivity contribution is 5.29. The predicted octanol–water partition coefficient (Wildman–Crippen LogP) is 2.64. The highest BCUT2D eigenvalue weighted by Crippen LogP contribution is 2.35. The summed E-state index contributed by atoms with van der Waals surface area (Å²) < 4.78 is 5.60. The van der Waals surface area contributed by atoms with Crippen molar-refractivity contribution in [3.63, 3.8) is 0 Å². The Labute approximate surface area is 97.4 Å². The van der Waals surface area contributed by atoms with Gasteiger partial charge in [-0.2, -0.15) is 0 Å². The number of hydrogen-bond acceptors (Lipinski definition) is 3. The largest absolute Gasteiger partial charge is 0.478 e. The second-order valence-electron chi connectivity index (χ2n) is 4.12. The van der Waals surface area contributed by atoms with Gasteiger partial charge in [-0.05, 0) is 38.9 Å². The molecular formula is C13H20N2O. The molecule has 88 valence electrons. The highest BCUT2D eigenvalue weighted by Gasteiger charge is 2.27. The van der Waals surface area contributed by atoms with Crippen LogP contribution < -0.4 is 4.74 Å². The Bertz CT molecular complexity index is 340. The lowest BCUT2D eigenvalue weighted by Gasteiger charge is -2.24. The molecule has 1 aliphatic rings. The number of ether oxygens (including phenoxy) is 1. The van der Waals surface area contributed by atoms with E-state index in [1.54, 1.807) is 6.20 Å². The van der Waals surface area contributed by atoms with E-state index in [-0.39, 0.29) is 0 Å². The molecule has 0 aromatic carbocycles. The molecule has 0 saturated carbocycles. The lowest BCUT2D eigenvalue weighted by atomic mass is 10.1. The molecule has 1 saturated heterocycles. The van der Waals surface area contributed by atoms with Crippen molar-refractivity contribution in [2.24, 2.45) is 0 Å². The number of pyridine rings is 1. The molecule has 16 heavy (non-hydrogen) atoms. The summed E-state index contributed by atoms with van der Waals surface area (Å²) in [6.45, 7) is 7.20. The molecule has 2 rings (SSSR count). The summed E-state index contributed by atoms with van der Waals surface area (Å²) >= 11 is 0. The third-order valence-electron chi connectivity index (χ3n) is 3.21. The van der Waals surface area contributed by atoms with Gasteiger partial charge >= 0.3 is 0 Å². The first-order valence-electron chi connectivity index (χ1n) is 6.18. The van der Waals surface area contributed by atoms with Crippen LogP contribution in [0, 0.1) is 0 Å². The van der Waals surface area contributed by atoms with Gasteiger partial charge in [0.1, 0.15) is 0 Å². The molecule has 1 atom stereocenters. The van der Waals surface area contributed by atoms with E-state index in [1.807, 2.05) is 13.0 Å². The van der Waals surface area contributed by atoms with Crippen molar-refractivity contribution in [1.29, 1.82) is 0 Å². The Morgan fingerprint density at radius 1 is 1.50 bits per heavy atom. The molecule has 0 bridgehead atoms. The number of nitrogens with zero attached hydrogens (tertiary/aromatic N) is 2. The molecule has 1 fully saturated rings. The maximum atomic E-state index is 5.60. The van der Waals surface area contributed by atoms with E-state index in [0.29, 0.717) is 12.6 Å². The Morgan fingerprint density at radius 3 is 3.12 bits per heavy atom. The molecule has 0 spiro atoms. The van der Waals surface area contributed by atoms with Gasteiger partial charge in [0.2, 0.25) is 5.88 Å². The molecule has 0 amide bonds. The van der Waals surface area contributed by atoms with Crippen LogP contribution in [0.3, 0.4) is 0 Å². The van der Waals surface area contributed by atoms with Gasteiger partial charge in [-0.15, -0.1) is 0 Å². The SMILES string of the molecule is CCOc1ncccc1C1CCCN1CC. The minimum atomic E-state index is 0.500. The van der Waals surface area contributed by atoms with Crippen LogP contribution in [0.25, 0.3) is 0 Å². The first-order valence-corrected chi connectivity index (χ1v) is 6.18. The average Bonchev–Trinajstić information content (AvgIpc) is 2.78. The van der Waals surface area contributed by atoms with Crippen molar-refractivity contribution < 1.29 is 4.74 Å². The Kier molecular flexibility index (Phi) is 3.78. The topological polar surface area (TPSA) is 25.4 Å². The molecule has 3 heteroatoms. The van der Waals surface area contributed by atoms with E-state index in [2.05, 4.69) is 22.9 Å². The summed E-state index contributed by atoms with van der Waals surface area (Å²) in [7, 11) is 0. The van der Waals surface area contributed by atoms with Crippen LogP contribution >= 0.6 is 0 Å². The Hall–Kier alpha value is -1.09. The predicted molar refractivity (Wildman–Crippen MR) is 64.6 cm³/mol. The quantitative estimate of drug-likeness (QED) is 0.780. The van der Waals surface area contributed by atoms with Gasteiger partial charge in [-0.25, -0.2) is 4.98 Å². The fourth-order valence-electron chi connectivity index (χ4n) is 2.47. The van der Waals surface area contributed by atoms with E-state index < -0.39 is 0 Å². The van der Waals surface area contributed by atoms with E-state index in [0.717, 1.165) is 12.4 Å². The fraction of sp³-hybridized carbons (Fsp3) is 0.615. The molecule has 1 aromatic rings. The van der Waals surface area contributed by atoms with Crippen LogP contribution in [-0.4, -0.2) is 29.6 Å². The van der Waals surface area contributed by atoms with Gasteiger partial charge in [0.25, 0.3) is 0 Å². The van der Waals surface area contributed by atoms with Gasteiger partial charge in [-0.3, -0.25) is 4.90 Å². The lowest BCUT2D eigenvalue weighted by Crippen LogP contribution is -2.23. The van der Waals surface area contributed by atoms with E-state index in [9.17, 15) is 0 Å². The normalized spacial score (nSPS) is 21.2. The Balaban J connectivity index is 2.24. The molecule has 1 aromatic heterocycles. The van der Waals surface area contributed by atoms with Crippen molar-refractivity contribution in [2.75, 3.05) is 19.7 Å². The van der Waals surface area contributed by atoms with Crippen molar-refractivity contribution in [2.45, 2.75) is 32.7 Å². The molecule has 1 unspecified atom stereocenters. The summed E-state index contributed by atoms with van der Waals surface area (Å²) in [6.07, 6.45) is 4.30. The second kappa shape index (κ2) is 5.30. The van der Waals surface area contributed by atoms with Crippen LogP contribution in [0.15, 0.2) is 18.3 Å². The summed E-state index contributed by atoms with van der Waals surface area (Å²) in [5.74, 6) is 0.815. The Morgan fingerprint density at radius 2 is 2.38 bits per heavy atom. The number of hydrogen-bond donors (Lipinski definition) is 0. The number of rotatable bonds is 4. The average molecular weight is 220 g/mol. The van der Waals surface area contributed by atoms with Crippen molar-refractivity contribution >= 4 is 0 Å². The molecule has 3 nitrogen and oxygen atoms in total. The minimum absolute atomic E-state index is 0.500. The number of likely N-dealkylation sites (tertiary alicyclic amines) is 1. The lowest BCUT2D eigenvalue weighted by molar-refractivity contribution is 0.255. The molecule has 0 aliphatic carbocycles. The first-order chi connectivity index (χ1) is 7.86. The zero-order chi connectivity index (χ0) is 11.4. The highest BCUT2D eigenvalue weighted by atomic mass is 16.5. The van der Waals surface area contributed by atoms with Crippen molar-refractivity contribution in [3.05, 3.63) is 23.9 Å². The maximum Gasteiger partial charge on any atom is 0.218 e. The van der Waals surface area contributed by atoms with Crippen LogP contribution in [0.2, 0.25) is 0 Å². The molecular weight excluding hydrogens is 200 g/mol. The maximum absolute atomic E-state index is 5.60. The summed E-state index contributed by atoms with van der Waals surface area (Å²) in [4.78, 5) is 6.83. The van der Waals surface area contributed by atoms with Gasteiger partial charge in [0.05, 0.1) is 6.61 Å². The second-order valence-corrected chi connectivity index (χ2v) is 4.12. The van der Waals surface area contributed by atoms with Crippen LogP contribution in [0.4, 0.5) is 0 Å². The van der Waals surface area contributed by atoms with E-state index >= 15 is 0 Å². The molecule has 2 heterocycles. The minimum Gasteiger partial charge on any atom is -0.478 e. The van der Waals surface area contributed by atoms with Gasteiger partial charge < -0.3 is 4.74 Å². The summed E-state index contributed by atoms with van der Waals surface area (Å²) in [6, 6.07) is 4.65. The van der Waals surface area contributed by atoms with Crippen LogP contribution in [-0.2, 0) is 0 Å². The zero-order valence-corrected chi connectivity index (χ0v) is 10.1. The first kappa shape index (κ1) is 11.4. The summed E-state index contributed by atoms with van der Waals surface area (Å²) in [5, 5.41) is 0. The van der Waals surface area contributed by atoms with Crippen LogP contribution in [0.5, 0.6) is 5.88 Å². The van der Waals surface area contributed by atoms with Gasteiger partial charge in [0, 0.05) is 17.8 Å². The standard InChI is InChI=1S/C13H20N2O/c1-3-15-10-6-8-12(15)11-7-5-9-14-13(11)16-4-2/h5,7,9,12H,3-4,6,8,10H2,1-2H3. The van der Waals surface area contributed by atoms with Crippen LogP contribution in [0.1, 0.15) is 38.3 Å². The third kappa shape index (κ3) is 2.19. The molecule has 1 aliphatic heterocycles. The van der Waals surface area contributed by atoms with Crippen molar-refractivity contribution in [1.82, 2.24) is 9.88 Å². The van der Waals surface area contributed by atoms with E-state index in [1.165, 1.54) is 24.9 Å². The van der Waals surface area contributed by atoms with E-state index in [4.69, 9.17) is 4.74 Å². The molecule has 0 N–H and O–H groups in total. The summed E-state index contributed by atoms with van der Waals surface area (Å²) in [5.41, 5.74) is 1.25. The van der Waals surface area contributed by atoms with Gasteiger partial charge in [-0.1, -0.05) is 13.0 Å². The fourth-order valence-corrected chi connectivity index (χ4v) is 2.47.